The molecule has 0 spiro atoms. The van der Waals surface area contributed by atoms with Gasteiger partial charge in [-0.1, -0.05) is 0 Å². The molecule has 0 aliphatic carbocycles. The summed E-state index contributed by atoms with van der Waals surface area (Å²) in [6.45, 7) is 3.05. The van der Waals surface area contributed by atoms with Crippen molar-refractivity contribution in [2.24, 2.45) is 0 Å². The molecule has 1 aromatic rings. The number of aryl methyl sites for hydroxylation is 1. The molecule has 4 nitrogen and oxygen atoms in total. The third-order valence-electron chi connectivity index (χ3n) is 2.26. The van der Waals surface area contributed by atoms with Crippen LogP contribution in [0.5, 0.6) is 0 Å². The van der Waals surface area contributed by atoms with Gasteiger partial charge in [0.05, 0.1) is 11.6 Å². The second-order valence-electron chi connectivity index (χ2n) is 3.87. The van der Waals surface area contributed by atoms with E-state index in [-0.39, 0.29) is 16.5 Å². The monoisotopic (exact) mass is 331 g/mol. The number of halogens is 5. The number of carbonyl (C=O) groups excluding carboxylic acids is 2. The second-order valence-corrected chi connectivity index (χ2v) is 4.92. The first kappa shape index (κ1) is 17.3. The Morgan fingerprint density at radius 2 is 1.86 bits per heavy atom. The van der Waals surface area contributed by atoms with Crippen molar-refractivity contribution < 1.29 is 36.3 Å². The number of esters is 1. The number of anilines is 1. The highest BCUT2D eigenvalue weighted by molar-refractivity contribution is 7.18. The van der Waals surface area contributed by atoms with Crippen LogP contribution < -0.4 is 5.32 Å². The Balaban J connectivity index is 2.93. The van der Waals surface area contributed by atoms with Crippen molar-refractivity contribution in [2.75, 3.05) is 11.9 Å². The van der Waals surface area contributed by atoms with E-state index in [1.54, 1.807) is 6.92 Å². The Bertz CT molecular complexity index is 553. The Kier molecular flexibility index (Phi) is 4.92. The lowest BCUT2D eigenvalue weighted by atomic mass is 10.3. The van der Waals surface area contributed by atoms with Crippen molar-refractivity contribution in [3.05, 3.63) is 16.5 Å². The quantitative estimate of drug-likeness (QED) is 0.680. The first-order chi connectivity index (χ1) is 9.50. The van der Waals surface area contributed by atoms with Gasteiger partial charge in [0.15, 0.2) is 0 Å². The van der Waals surface area contributed by atoms with Crippen LogP contribution in [0.15, 0.2) is 6.07 Å². The minimum atomic E-state index is -5.99. The van der Waals surface area contributed by atoms with E-state index in [0.717, 1.165) is 6.07 Å². The summed E-state index contributed by atoms with van der Waals surface area (Å²) >= 11 is 0.555. The highest BCUT2D eigenvalue weighted by Crippen LogP contribution is 2.37. The molecule has 1 aromatic heterocycles. The van der Waals surface area contributed by atoms with Crippen LogP contribution in [0.4, 0.5) is 27.0 Å². The third-order valence-corrected chi connectivity index (χ3v) is 3.39. The molecule has 0 unspecified atom stereocenters. The Morgan fingerprint density at radius 3 is 2.33 bits per heavy atom. The summed E-state index contributed by atoms with van der Waals surface area (Å²) in [7, 11) is 0. The van der Waals surface area contributed by atoms with Crippen LogP contribution in [-0.4, -0.2) is 30.6 Å². The fourth-order valence-electron chi connectivity index (χ4n) is 1.26. The summed E-state index contributed by atoms with van der Waals surface area (Å²) in [6.07, 6.45) is -5.99. The number of rotatable bonds is 4. The topological polar surface area (TPSA) is 55.4 Å². The van der Waals surface area contributed by atoms with Crippen molar-refractivity contribution in [1.29, 1.82) is 0 Å². The van der Waals surface area contributed by atoms with Gasteiger partial charge in [-0.3, -0.25) is 4.79 Å². The minimum Gasteiger partial charge on any atom is -0.462 e. The molecule has 0 fully saturated rings. The largest absolute Gasteiger partial charge is 0.463 e. The predicted molar refractivity (Wildman–Crippen MR) is 64.6 cm³/mol. The van der Waals surface area contributed by atoms with Crippen LogP contribution in [0.1, 0.15) is 22.2 Å². The standard InChI is InChI=1S/C11H10F5NO3S/c1-3-20-8(18)7-5(2)4-6(21-7)17-9(19)10(12,13)11(14,15)16/h4H,3H2,1-2H3,(H,17,19). The first-order valence-corrected chi connectivity index (χ1v) is 6.36. The number of amides is 1. The molecule has 0 aliphatic heterocycles. The maximum absolute atomic E-state index is 12.8. The molecule has 1 rings (SSSR count). The smallest absolute Gasteiger partial charge is 0.462 e. The molecule has 0 atom stereocenters. The molecule has 1 N–H and O–H groups in total. The lowest BCUT2D eigenvalue weighted by Gasteiger charge is -2.17. The van der Waals surface area contributed by atoms with Crippen LogP contribution in [0.25, 0.3) is 0 Å². The maximum Gasteiger partial charge on any atom is 0.463 e. The molecular weight excluding hydrogens is 321 g/mol. The molecule has 21 heavy (non-hydrogen) atoms. The van der Waals surface area contributed by atoms with E-state index in [1.165, 1.54) is 12.2 Å². The van der Waals surface area contributed by atoms with Crippen LogP contribution in [0.2, 0.25) is 0 Å². The van der Waals surface area contributed by atoms with Gasteiger partial charge in [0.1, 0.15) is 4.88 Å². The summed E-state index contributed by atoms with van der Waals surface area (Å²) in [5, 5.41) is 1.15. The Morgan fingerprint density at radius 1 is 1.29 bits per heavy atom. The molecule has 0 radical (unpaired) electrons. The van der Waals surface area contributed by atoms with E-state index in [0.29, 0.717) is 16.9 Å². The van der Waals surface area contributed by atoms with Crippen molar-refractivity contribution in [3.63, 3.8) is 0 Å². The molecule has 10 heteroatoms. The van der Waals surface area contributed by atoms with E-state index in [2.05, 4.69) is 4.74 Å². The average Bonchev–Trinajstić information content (AvgIpc) is 2.69. The van der Waals surface area contributed by atoms with Gasteiger partial charge in [0.2, 0.25) is 0 Å². The molecule has 0 saturated heterocycles. The van der Waals surface area contributed by atoms with E-state index >= 15 is 0 Å². The lowest BCUT2D eigenvalue weighted by molar-refractivity contribution is -0.267. The molecule has 118 valence electrons. The van der Waals surface area contributed by atoms with E-state index in [4.69, 9.17) is 0 Å². The Hall–Kier alpha value is -1.71. The Labute approximate surface area is 119 Å². The molecular formula is C11H10F5NO3S. The summed E-state index contributed by atoms with van der Waals surface area (Å²) in [5.74, 6) is -8.77. The highest BCUT2D eigenvalue weighted by Gasteiger charge is 2.63. The normalized spacial score (nSPS) is 12.1. The van der Waals surface area contributed by atoms with Crippen LogP contribution in [-0.2, 0) is 9.53 Å². The third kappa shape index (κ3) is 3.69. The highest BCUT2D eigenvalue weighted by atomic mass is 32.1. The van der Waals surface area contributed by atoms with Gasteiger partial charge in [0, 0.05) is 0 Å². The SMILES string of the molecule is CCOC(=O)c1sc(NC(=O)C(F)(F)C(F)(F)F)cc1C. The molecule has 0 aromatic carbocycles. The van der Waals surface area contributed by atoms with Crippen molar-refractivity contribution in [2.45, 2.75) is 25.9 Å². The van der Waals surface area contributed by atoms with Crippen LogP contribution in [0.3, 0.4) is 0 Å². The number of thiophene rings is 1. The summed E-state index contributed by atoms with van der Waals surface area (Å²) in [4.78, 5) is 22.5. The summed E-state index contributed by atoms with van der Waals surface area (Å²) in [6, 6.07) is 1.11. The zero-order valence-corrected chi connectivity index (χ0v) is 11.6. The molecule has 0 saturated carbocycles. The van der Waals surface area contributed by atoms with E-state index in [1.807, 2.05) is 0 Å². The van der Waals surface area contributed by atoms with Crippen LogP contribution in [0, 0.1) is 6.92 Å². The van der Waals surface area contributed by atoms with Gasteiger partial charge in [-0.2, -0.15) is 22.0 Å². The number of ether oxygens (including phenoxy) is 1. The lowest BCUT2D eigenvalue weighted by Crippen LogP contribution is -2.47. The summed E-state index contributed by atoms with van der Waals surface area (Å²) < 4.78 is 66.3. The van der Waals surface area contributed by atoms with Gasteiger partial charge in [0.25, 0.3) is 0 Å². The molecule has 1 heterocycles. The fourth-order valence-corrected chi connectivity index (χ4v) is 2.22. The summed E-state index contributed by atoms with van der Waals surface area (Å²) in [5.41, 5.74) is 0.295. The molecule has 1 amide bonds. The van der Waals surface area contributed by atoms with Crippen LogP contribution >= 0.6 is 11.3 Å². The van der Waals surface area contributed by atoms with Crippen molar-refractivity contribution >= 4 is 28.2 Å². The number of carbonyl (C=O) groups is 2. The molecule has 0 bridgehead atoms. The van der Waals surface area contributed by atoms with Gasteiger partial charge < -0.3 is 10.1 Å². The van der Waals surface area contributed by atoms with E-state index < -0.39 is 24.0 Å². The van der Waals surface area contributed by atoms with Gasteiger partial charge >= 0.3 is 24.0 Å². The van der Waals surface area contributed by atoms with Crippen molar-refractivity contribution in [3.8, 4) is 0 Å². The van der Waals surface area contributed by atoms with E-state index in [9.17, 15) is 31.5 Å². The fraction of sp³-hybridized carbons (Fsp3) is 0.455. The minimum absolute atomic E-state index is 0.0162. The second kappa shape index (κ2) is 5.96. The number of hydrogen-bond donors (Lipinski definition) is 1. The van der Waals surface area contributed by atoms with Gasteiger partial charge in [-0.15, -0.1) is 11.3 Å². The maximum atomic E-state index is 12.8. The van der Waals surface area contributed by atoms with Gasteiger partial charge in [-0.25, -0.2) is 4.79 Å². The average molecular weight is 331 g/mol. The first-order valence-electron chi connectivity index (χ1n) is 5.54. The zero-order valence-electron chi connectivity index (χ0n) is 10.8. The van der Waals surface area contributed by atoms with Crippen molar-refractivity contribution in [1.82, 2.24) is 0 Å². The number of nitrogens with one attached hydrogen (secondary N) is 1. The number of alkyl halides is 5. The zero-order chi connectivity index (χ0) is 16.4. The van der Waals surface area contributed by atoms with Gasteiger partial charge in [-0.05, 0) is 25.5 Å². The number of hydrogen-bond acceptors (Lipinski definition) is 4. The molecule has 0 aliphatic rings. The predicted octanol–water partition coefficient (Wildman–Crippen LogP) is 3.37.